The SMILES string of the molecule is CC(C(=O)O)C(F)(F)F.CC(C(N)=O)C(F)(F)F.CC(CN)C(F)(F)F. The standard InChI is InChI=1S/C4H6F3NO.C4H8F3N.C4H5F3O2/c1-2(3(8)9)4(5,6)7;1-3(2-8)4(5,6)7;1-2(3(8)9)4(5,6)7/h2H,1H3,(H2,8,9);3H,2,8H2,1H3;2H,1H3,(H,8,9). The number of alkyl halides is 9. The van der Waals surface area contributed by atoms with E-state index in [1.54, 1.807) is 0 Å². The Balaban J connectivity index is -0.000000306. The Morgan fingerprint density at radius 1 is 0.808 bits per heavy atom. The quantitative estimate of drug-likeness (QED) is 0.622. The van der Waals surface area contributed by atoms with E-state index in [0.717, 1.165) is 13.8 Å². The van der Waals surface area contributed by atoms with Crippen LogP contribution in [-0.4, -0.2) is 42.1 Å². The molecule has 0 radical (unpaired) electrons. The molecule has 0 aromatic rings. The second-order valence-electron chi connectivity index (χ2n) is 4.95. The second-order valence-corrected chi connectivity index (χ2v) is 4.95. The number of carboxylic acids is 1. The summed E-state index contributed by atoms with van der Waals surface area (Å²) in [7, 11) is 0. The Kier molecular flexibility index (Phi) is 12.4. The van der Waals surface area contributed by atoms with Crippen molar-refractivity contribution in [2.75, 3.05) is 6.54 Å². The first-order valence-electron chi connectivity index (χ1n) is 6.61. The van der Waals surface area contributed by atoms with Crippen LogP contribution in [0.5, 0.6) is 0 Å². The number of rotatable bonds is 3. The lowest BCUT2D eigenvalue weighted by atomic mass is 10.2. The molecule has 1 amide bonds. The van der Waals surface area contributed by atoms with Gasteiger partial charge in [0.2, 0.25) is 5.91 Å². The number of primary amides is 1. The lowest BCUT2D eigenvalue weighted by Crippen LogP contribution is -2.32. The maximum absolute atomic E-state index is 11.4. The Hall–Kier alpha value is -1.73. The molecule has 0 bridgehead atoms. The Bertz CT molecular complexity index is 403. The average molecular weight is 410 g/mol. The van der Waals surface area contributed by atoms with Gasteiger partial charge in [0.05, 0.1) is 5.92 Å². The fourth-order valence-corrected chi connectivity index (χ4v) is 0.435. The normalized spacial score (nSPS) is 15.4. The molecule has 0 heterocycles. The molecule has 3 atom stereocenters. The molecule has 26 heavy (non-hydrogen) atoms. The highest BCUT2D eigenvalue weighted by molar-refractivity contribution is 5.76. The van der Waals surface area contributed by atoms with Gasteiger partial charge in [-0.1, -0.05) is 6.92 Å². The van der Waals surface area contributed by atoms with Crippen molar-refractivity contribution >= 4 is 11.9 Å². The number of hydrogen-bond acceptors (Lipinski definition) is 3. The summed E-state index contributed by atoms with van der Waals surface area (Å²) in [5, 5.41) is 7.80. The fourth-order valence-electron chi connectivity index (χ4n) is 0.435. The lowest BCUT2D eigenvalue weighted by molar-refractivity contribution is -0.190. The minimum absolute atomic E-state index is 0.330. The average Bonchev–Trinajstić information content (AvgIpc) is 2.42. The van der Waals surface area contributed by atoms with E-state index in [0.29, 0.717) is 6.92 Å². The minimum atomic E-state index is -4.62. The predicted molar refractivity (Wildman–Crippen MR) is 71.5 cm³/mol. The zero-order valence-electron chi connectivity index (χ0n) is 13.8. The summed E-state index contributed by atoms with van der Waals surface area (Å²) in [5.74, 6) is -8.87. The molecule has 14 heteroatoms. The maximum Gasteiger partial charge on any atom is 0.401 e. The molecule has 158 valence electrons. The first-order chi connectivity index (χ1) is 11.2. The molecule has 5 N–H and O–H groups in total. The van der Waals surface area contributed by atoms with E-state index in [9.17, 15) is 49.1 Å². The zero-order valence-corrected chi connectivity index (χ0v) is 13.8. The monoisotopic (exact) mass is 410 g/mol. The van der Waals surface area contributed by atoms with Crippen molar-refractivity contribution in [2.45, 2.75) is 39.3 Å². The van der Waals surface area contributed by atoms with Crippen LogP contribution in [0.3, 0.4) is 0 Å². The largest absolute Gasteiger partial charge is 0.481 e. The summed E-state index contributed by atoms with van der Waals surface area (Å²) >= 11 is 0. The third kappa shape index (κ3) is 14.6. The van der Waals surface area contributed by atoms with Crippen molar-refractivity contribution < 1.29 is 54.2 Å². The number of aliphatic carboxylic acids is 1. The van der Waals surface area contributed by atoms with Crippen LogP contribution in [0.2, 0.25) is 0 Å². The zero-order chi connectivity index (χ0) is 22.1. The molecule has 0 saturated carbocycles. The van der Waals surface area contributed by atoms with Gasteiger partial charge in [0.25, 0.3) is 0 Å². The molecule has 0 rings (SSSR count). The molecule has 3 unspecified atom stereocenters. The molecule has 0 saturated heterocycles. The minimum Gasteiger partial charge on any atom is -0.481 e. The summed E-state index contributed by atoms with van der Waals surface area (Å²) < 4.78 is 102. The molecule has 0 aliphatic rings. The fraction of sp³-hybridized carbons (Fsp3) is 0.833. The molecule has 5 nitrogen and oxygen atoms in total. The van der Waals surface area contributed by atoms with E-state index in [2.05, 4.69) is 5.73 Å². The van der Waals surface area contributed by atoms with Gasteiger partial charge in [0, 0.05) is 6.54 Å². The number of carbonyl (C=O) groups is 2. The molecule has 0 aromatic heterocycles. The van der Waals surface area contributed by atoms with Gasteiger partial charge in [-0.2, -0.15) is 39.5 Å². The van der Waals surface area contributed by atoms with Gasteiger partial charge >= 0.3 is 24.5 Å². The van der Waals surface area contributed by atoms with Crippen LogP contribution in [0.4, 0.5) is 39.5 Å². The molecular weight excluding hydrogens is 391 g/mol. The van der Waals surface area contributed by atoms with Gasteiger partial charge < -0.3 is 16.6 Å². The highest BCUT2D eigenvalue weighted by atomic mass is 19.4. The predicted octanol–water partition coefficient (Wildman–Crippen LogP) is 3.08. The smallest absolute Gasteiger partial charge is 0.401 e. The van der Waals surface area contributed by atoms with Crippen molar-refractivity contribution in [3.8, 4) is 0 Å². The van der Waals surface area contributed by atoms with E-state index < -0.39 is 48.2 Å². The molecule has 0 aliphatic carbocycles. The number of nitrogens with two attached hydrogens (primary N) is 2. The third-order valence-corrected chi connectivity index (χ3v) is 2.69. The topological polar surface area (TPSA) is 106 Å². The van der Waals surface area contributed by atoms with Crippen LogP contribution < -0.4 is 11.5 Å². The first kappa shape index (κ1) is 29.0. The van der Waals surface area contributed by atoms with Gasteiger partial charge in [0.15, 0.2) is 0 Å². The van der Waals surface area contributed by atoms with Crippen LogP contribution >= 0.6 is 0 Å². The van der Waals surface area contributed by atoms with Crippen molar-refractivity contribution in [3.63, 3.8) is 0 Å². The van der Waals surface area contributed by atoms with E-state index in [-0.39, 0.29) is 6.54 Å². The van der Waals surface area contributed by atoms with Crippen LogP contribution in [0, 0.1) is 17.8 Å². The summed E-state index contributed by atoms with van der Waals surface area (Å²) in [4.78, 5) is 19.5. The van der Waals surface area contributed by atoms with Crippen LogP contribution in [0.25, 0.3) is 0 Å². The van der Waals surface area contributed by atoms with Crippen molar-refractivity contribution in [2.24, 2.45) is 29.2 Å². The first-order valence-corrected chi connectivity index (χ1v) is 6.61. The summed E-state index contributed by atoms with van der Waals surface area (Å²) in [6.45, 7) is 2.05. The van der Waals surface area contributed by atoms with Gasteiger partial charge in [-0.25, -0.2) is 0 Å². The number of halogens is 9. The van der Waals surface area contributed by atoms with Crippen molar-refractivity contribution in [3.05, 3.63) is 0 Å². The molecule has 0 spiro atoms. The van der Waals surface area contributed by atoms with Gasteiger partial charge in [0.1, 0.15) is 11.8 Å². The van der Waals surface area contributed by atoms with E-state index in [1.165, 1.54) is 0 Å². The van der Waals surface area contributed by atoms with Gasteiger partial charge in [-0.3, -0.25) is 9.59 Å². The number of carbonyl (C=O) groups excluding carboxylic acids is 1. The number of hydrogen-bond donors (Lipinski definition) is 3. The third-order valence-electron chi connectivity index (χ3n) is 2.69. The molecule has 0 fully saturated rings. The van der Waals surface area contributed by atoms with Crippen molar-refractivity contribution in [1.82, 2.24) is 0 Å². The highest BCUT2D eigenvalue weighted by Gasteiger charge is 2.41. The molecule has 0 aliphatic heterocycles. The Labute approximate surface area is 142 Å². The lowest BCUT2D eigenvalue weighted by Gasteiger charge is -2.11. The summed E-state index contributed by atoms with van der Waals surface area (Å²) in [5.41, 5.74) is 9.10. The van der Waals surface area contributed by atoms with Crippen LogP contribution in [0.1, 0.15) is 20.8 Å². The molecule has 0 aromatic carbocycles. The van der Waals surface area contributed by atoms with E-state index in [1.807, 2.05) is 0 Å². The van der Waals surface area contributed by atoms with Crippen LogP contribution in [0.15, 0.2) is 0 Å². The molecular formula is C12H19F9N2O3. The highest BCUT2D eigenvalue weighted by Crippen LogP contribution is 2.26. The van der Waals surface area contributed by atoms with Gasteiger partial charge in [-0.15, -0.1) is 0 Å². The number of carboxylic acid groups (broad SMARTS) is 1. The second kappa shape index (κ2) is 11.1. The number of amides is 1. The Morgan fingerprint density at radius 3 is 1.12 bits per heavy atom. The van der Waals surface area contributed by atoms with E-state index >= 15 is 0 Å². The summed E-state index contributed by atoms with van der Waals surface area (Å²) in [6, 6.07) is 0. The van der Waals surface area contributed by atoms with Crippen LogP contribution in [-0.2, 0) is 9.59 Å². The Morgan fingerprint density at radius 2 is 1.12 bits per heavy atom. The summed E-state index contributed by atoms with van der Waals surface area (Å²) in [6.07, 6.45) is -13.2. The van der Waals surface area contributed by atoms with E-state index in [4.69, 9.17) is 10.8 Å². The van der Waals surface area contributed by atoms with Gasteiger partial charge in [-0.05, 0) is 13.8 Å². The van der Waals surface area contributed by atoms with Crippen molar-refractivity contribution in [1.29, 1.82) is 0 Å². The maximum atomic E-state index is 11.4.